The summed E-state index contributed by atoms with van der Waals surface area (Å²) in [5, 5.41) is 3.04. The van der Waals surface area contributed by atoms with Crippen LogP contribution in [0.25, 0.3) is 0 Å². The van der Waals surface area contributed by atoms with Crippen LogP contribution in [-0.2, 0) is 12.7 Å². The average Bonchev–Trinajstić information content (AvgIpc) is 3.02. The van der Waals surface area contributed by atoms with E-state index < -0.39 is 29.1 Å². The number of rotatable bonds is 5. The van der Waals surface area contributed by atoms with E-state index in [1.807, 2.05) is 22.6 Å². The van der Waals surface area contributed by atoms with E-state index in [0.717, 1.165) is 8.45 Å². The van der Waals surface area contributed by atoms with Crippen LogP contribution in [0.4, 0.5) is 27.6 Å². The van der Waals surface area contributed by atoms with Crippen molar-refractivity contribution in [3.63, 3.8) is 0 Å². The molecule has 1 aromatic heterocycles. The predicted octanol–water partition coefficient (Wildman–Crippen LogP) is 7.10. The van der Waals surface area contributed by atoms with E-state index in [2.05, 4.69) is 10.3 Å². The van der Waals surface area contributed by atoms with Crippen molar-refractivity contribution in [3.05, 3.63) is 66.6 Å². The lowest BCUT2D eigenvalue weighted by atomic mass is 10.2. The lowest BCUT2D eigenvalue weighted by Crippen LogP contribution is -2.07. The van der Waals surface area contributed by atoms with Crippen LogP contribution in [0.2, 0.25) is 4.47 Å². The highest BCUT2D eigenvalue weighted by atomic mass is 127. The Bertz CT molecular complexity index is 988. The minimum Gasteiger partial charge on any atom is -0.449 e. The topological polar surface area (TPSA) is 34.1 Å². The molecule has 0 spiro atoms. The van der Waals surface area contributed by atoms with Crippen LogP contribution in [0.15, 0.2) is 36.5 Å². The SMILES string of the molecule is Fc1cc(C(F)(F)F)cc(F)c1Oc1ccc(I)cc1NCc1cnc(Cl)s1. The van der Waals surface area contributed by atoms with Gasteiger partial charge in [0.15, 0.2) is 27.6 Å². The van der Waals surface area contributed by atoms with Gasteiger partial charge in [0.05, 0.1) is 17.8 Å². The van der Waals surface area contributed by atoms with Crippen LogP contribution in [0.5, 0.6) is 11.5 Å². The van der Waals surface area contributed by atoms with E-state index in [-0.39, 0.29) is 17.9 Å². The molecule has 11 heteroatoms. The van der Waals surface area contributed by atoms with Gasteiger partial charge < -0.3 is 10.1 Å². The number of nitrogens with zero attached hydrogens (tertiary/aromatic N) is 1. The van der Waals surface area contributed by atoms with Crippen LogP contribution in [0.3, 0.4) is 0 Å². The molecule has 0 radical (unpaired) electrons. The Morgan fingerprint density at radius 3 is 2.39 bits per heavy atom. The largest absolute Gasteiger partial charge is 0.449 e. The van der Waals surface area contributed by atoms with Gasteiger partial charge in [-0.15, -0.1) is 11.3 Å². The molecule has 0 aliphatic heterocycles. The number of benzene rings is 2. The summed E-state index contributed by atoms with van der Waals surface area (Å²) in [6, 6.07) is 5.14. The summed E-state index contributed by atoms with van der Waals surface area (Å²) in [5.74, 6) is -3.77. The molecular weight excluding hydrogens is 538 g/mol. The normalized spacial score (nSPS) is 11.5. The number of hydrogen-bond donors (Lipinski definition) is 1. The fraction of sp³-hybridized carbons (Fsp3) is 0.118. The molecule has 0 aliphatic carbocycles. The van der Waals surface area contributed by atoms with Crippen molar-refractivity contribution in [2.45, 2.75) is 12.7 Å². The van der Waals surface area contributed by atoms with Gasteiger partial charge in [0.2, 0.25) is 0 Å². The Morgan fingerprint density at radius 2 is 1.82 bits per heavy atom. The molecule has 0 bridgehead atoms. The molecule has 0 fully saturated rings. The Hall–Kier alpha value is -1.66. The lowest BCUT2D eigenvalue weighted by molar-refractivity contribution is -0.138. The number of anilines is 1. The second-order valence-electron chi connectivity index (χ2n) is 5.44. The second-order valence-corrected chi connectivity index (χ2v) is 8.39. The molecule has 2 aromatic carbocycles. The van der Waals surface area contributed by atoms with E-state index in [9.17, 15) is 22.0 Å². The Balaban J connectivity index is 1.88. The monoisotopic (exact) mass is 546 g/mol. The van der Waals surface area contributed by atoms with Crippen LogP contribution in [0, 0.1) is 15.2 Å². The third-order valence-corrected chi connectivity index (χ3v) is 5.24. The van der Waals surface area contributed by atoms with Crippen molar-refractivity contribution in [1.29, 1.82) is 0 Å². The van der Waals surface area contributed by atoms with Gasteiger partial charge in [-0.3, -0.25) is 0 Å². The van der Waals surface area contributed by atoms with Gasteiger partial charge in [-0.2, -0.15) is 13.2 Å². The Morgan fingerprint density at radius 1 is 1.14 bits per heavy atom. The maximum absolute atomic E-state index is 14.1. The number of nitrogens with one attached hydrogen (secondary N) is 1. The summed E-state index contributed by atoms with van der Waals surface area (Å²) in [6.07, 6.45) is -3.30. The standard InChI is InChI=1S/C17H9ClF5IN2OS/c18-16-26-7-10(28-16)6-25-13-5-9(24)1-2-14(13)27-15-11(19)3-8(4-12(15)20)17(21,22)23/h1-5,7,25H,6H2. The molecule has 0 saturated carbocycles. The number of alkyl halides is 3. The van der Waals surface area contributed by atoms with E-state index >= 15 is 0 Å². The number of hydrogen-bond acceptors (Lipinski definition) is 4. The molecule has 0 amide bonds. The molecule has 0 atom stereocenters. The summed E-state index contributed by atoms with van der Waals surface area (Å²) < 4.78 is 72.6. The lowest BCUT2D eigenvalue weighted by Gasteiger charge is -2.15. The van der Waals surface area contributed by atoms with Crippen molar-refractivity contribution in [2.75, 3.05) is 5.32 Å². The van der Waals surface area contributed by atoms with Gasteiger partial charge in [-0.05, 0) is 52.9 Å². The number of thiazole rings is 1. The van der Waals surface area contributed by atoms with Gasteiger partial charge in [-0.1, -0.05) is 11.6 Å². The van der Waals surface area contributed by atoms with E-state index in [1.165, 1.54) is 17.4 Å². The molecular formula is C17H9ClF5IN2OS. The maximum Gasteiger partial charge on any atom is 0.416 e. The van der Waals surface area contributed by atoms with Gasteiger partial charge in [0.25, 0.3) is 0 Å². The number of aromatic nitrogens is 1. The minimum atomic E-state index is -4.87. The maximum atomic E-state index is 14.1. The molecule has 148 valence electrons. The molecule has 1 heterocycles. The van der Waals surface area contributed by atoms with Crippen LogP contribution in [0.1, 0.15) is 10.4 Å². The average molecular weight is 547 g/mol. The first-order valence-electron chi connectivity index (χ1n) is 7.51. The van der Waals surface area contributed by atoms with Crippen molar-refractivity contribution in [3.8, 4) is 11.5 Å². The van der Waals surface area contributed by atoms with Gasteiger partial charge in [0, 0.05) is 14.6 Å². The third-order valence-electron chi connectivity index (χ3n) is 3.46. The van der Waals surface area contributed by atoms with E-state index in [0.29, 0.717) is 16.7 Å². The predicted molar refractivity (Wildman–Crippen MR) is 105 cm³/mol. The van der Waals surface area contributed by atoms with Crippen molar-refractivity contribution in [1.82, 2.24) is 4.98 Å². The third kappa shape index (κ3) is 5.03. The summed E-state index contributed by atoms with van der Waals surface area (Å²) >= 11 is 9.07. The summed E-state index contributed by atoms with van der Waals surface area (Å²) in [5.41, 5.74) is -1.03. The first-order chi connectivity index (χ1) is 13.1. The smallest absolute Gasteiger partial charge is 0.416 e. The highest BCUT2D eigenvalue weighted by molar-refractivity contribution is 14.1. The molecule has 28 heavy (non-hydrogen) atoms. The van der Waals surface area contributed by atoms with E-state index in [1.54, 1.807) is 18.3 Å². The first-order valence-corrected chi connectivity index (χ1v) is 9.78. The highest BCUT2D eigenvalue weighted by Gasteiger charge is 2.33. The molecule has 3 aromatic rings. The first kappa shape index (κ1) is 21.1. The van der Waals surface area contributed by atoms with Crippen molar-refractivity contribution < 1.29 is 26.7 Å². The molecule has 1 N–H and O–H groups in total. The number of halogens is 7. The second kappa shape index (κ2) is 8.37. The van der Waals surface area contributed by atoms with Gasteiger partial charge in [-0.25, -0.2) is 13.8 Å². The molecule has 0 aliphatic rings. The zero-order chi connectivity index (χ0) is 20.5. The van der Waals surface area contributed by atoms with Crippen LogP contribution < -0.4 is 10.1 Å². The van der Waals surface area contributed by atoms with Crippen LogP contribution in [-0.4, -0.2) is 4.98 Å². The molecule has 3 nitrogen and oxygen atoms in total. The Labute approximate surface area is 178 Å². The molecule has 0 unspecified atom stereocenters. The summed E-state index contributed by atoms with van der Waals surface area (Å²) in [4.78, 5) is 4.72. The molecule has 3 rings (SSSR count). The van der Waals surface area contributed by atoms with Gasteiger partial charge in [0.1, 0.15) is 0 Å². The van der Waals surface area contributed by atoms with E-state index in [4.69, 9.17) is 16.3 Å². The Kier molecular flexibility index (Phi) is 6.30. The minimum absolute atomic E-state index is 0.0496. The fourth-order valence-electron chi connectivity index (χ4n) is 2.21. The zero-order valence-electron chi connectivity index (χ0n) is 13.6. The summed E-state index contributed by atoms with van der Waals surface area (Å²) in [6.45, 7) is 0.318. The highest BCUT2D eigenvalue weighted by Crippen LogP contribution is 2.38. The van der Waals surface area contributed by atoms with Gasteiger partial charge >= 0.3 is 6.18 Å². The van der Waals surface area contributed by atoms with Crippen molar-refractivity contribution >= 4 is 51.2 Å². The quantitative estimate of drug-likeness (QED) is 0.274. The molecule has 0 saturated heterocycles. The van der Waals surface area contributed by atoms with Crippen molar-refractivity contribution in [2.24, 2.45) is 0 Å². The fourth-order valence-corrected chi connectivity index (χ4v) is 3.62. The van der Waals surface area contributed by atoms with Crippen LogP contribution >= 0.6 is 45.5 Å². The zero-order valence-corrected chi connectivity index (χ0v) is 17.3. The summed E-state index contributed by atoms with van der Waals surface area (Å²) in [7, 11) is 0. The number of ether oxygens (including phenoxy) is 1.